The Kier molecular flexibility index (Phi) is 3.01. The van der Waals surface area contributed by atoms with Crippen LogP contribution < -0.4 is 4.74 Å². The average molecular weight is 266 g/mol. The first-order valence-corrected chi connectivity index (χ1v) is 4.14. The highest BCUT2D eigenvalue weighted by Crippen LogP contribution is 2.31. The minimum absolute atomic E-state index is 0.236. The van der Waals surface area contributed by atoms with Gasteiger partial charge in [-0.2, -0.15) is 0 Å². The van der Waals surface area contributed by atoms with E-state index in [-0.39, 0.29) is 15.9 Å². The second-order valence-electron chi connectivity index (χ2n) is 2.27. The molecule has 0 spiro atoms. The number of hydrogen-bond acceptors (Lipinski definition) is 1. The van der Waals surface area contributed by atoms with Gasteiger partial charge in [0.25, 0.3) is 0 Å². The molecule has 0 aliphatic heterocycles. The molecule has 0 atom stereocenters. The van der Waals surface area contributed by atoms with E-state index in [1.807, 2.05) is 0 Å². The largest absolute Gasteiger partial charge is 0.573 e. The first-order chi connectivity index (χ1) is 6.42. The molecule has 74 valence electrons. The molecule has 2 nitrogen and oxygen atoms in total. The Balaban J connectivity index is 2.94. The number of halogens is 4. The van der Waals surface area contributed by atoms with Crippen molar-refractivity contribution in [3.63, 3.8) is 0 Å². The van der Waals surface area contributed by atoms with Gasteiger partial charge >= 0.3 is 6.36 Å². The normalized spacial score (nSPS) is 10.8. The Bertz CT molecular complexity index is 383. The summed E-state index contributed by atoms with van der Waals surface area (Å²) in [5.74, 6) is -0.350. The van der Waals surface area contributed by atoms with Crippen molar-refractivity contribution in [2.45, 2.75) is 6.36 Å². The highest BCUT2D eigenvalue weighted by Gasteiger charge is 2.31. The van der Waals surface area contributed by atoms with E-state index in [0.717, 1.165) is 12.1 Å². The van der Waals surface area contributed by atoms with Crippen LogP contribution in [0.3, 0.4) is 0 Å². The lowest BCUT2D eigenvalue weighted by Crippen LogP contribution is -2.16. The van der Waals surface area contributed by atoms with E-state index < -0.39 is 6.36 Å². The molecule has 0 aliphatic rings. The molecule has 0 amide bonds. The van der Waals surface area contributed by atoms with E-state index in [1.165, 1.54) is 6.07 Å². The van der Waals surface area contributed by atoms with Crippen molar-refractivity contribution < 1.29 is 17.9 Å². The van der Waals surface area contributed by atoms with E-state index in [4.69, 9.17) is 6.57 Å². The van der Waals surface area contributed by atoms with E-state index in [9.17, 15) is 13.2 Å². The summed E-state index contributed by atoms with van der Waals surface area (Å²) in [7, 11) is 0. The van der Waals surface area contributed by atoms with Crippen molar-refractivity contribution in [1.82, 2.24) is 0 Å². The zero-order valence-corrected chi connectivity index (χ0v) is 8.19. The molecule has 1 rings (SSSR count). The average Bonchev–Trinajstić information content (AvgIpc) is 2.01. The minimum Gasteiger partial charge on any atom is -0.406 e. The molecular formula is C8H3BrF3NO. The van der Waals surface area contributed by atoms with Crippen molar-refractivity contribution in [1.29, 1.82) is 0 Å². The van der Waals surface area contributed by atoms with Gasteiger partial charge in [-0.05, 0) is 12.1 Å². The van der Waals surface area contributed by atoms with E-state index >= 15 is 0 Å². The maximum Gasteiger partial charge on any atom is 0.573 e. The van der Waals surface area contributed by atoms with Crippen LogP contribution in [-0.4, -0.2) is 6.36 Å². The molecule has 0 radical (unpaired) electrons. The molecule has 1 aromatic rings. The molecule has 0 aromatic heterocycles. The zero-order chi connectivity index (χ0) is 10.8. The Labute approximate surface area is 86.2 Å². The summed E-state index contributed by atoms with van der Waals surface area (Å²) in [5, 5.41) is 0. The molecule has 1 aromatic carbocycles. The highest BCUT2D eigenvalue weighted by molar-refractivity contribution is 9.10. The van der Waals surface area contributed by atoms with Crippen LogP contribution in [0.15, 0.2) is 22.7 Å². The van der Waals surface area contributed by atoms with Crippen LogP contribution in [0, 0.1) is 6.57 Å². The fraction of sp³-hybridized carbons (Fsp3) is 0.125. The minimum atomic E-state index is -4.71. The molecule has 0 aliphatic carbocycles. The molecule has 0 bridgehead atoms. The van der Waals surface area contributed by atoms with Gasteiger partial charge in [-0.15, -0.1) is 13.2 Å². The quantitative estimate of drug-likeness (QED) is 0.703. The Morgan fingerprint density at radius 1 is 1.36 bits per heavy atom. The van der Waals surface area contributed by atoms with Crippen LogP contribution >= 0.6 is 15.9 Å². The lowest BCUT2D eigenvalue weighted by Gasteiger charge is -2.08. The third-order valence-corrected chi connectivity index (χ3v) is 1.91. The summed E-state index contributed by atoms with van der Waals surface area (Å²) >= 11 is 2.95. The molecule has 6 heteroatoms. The third-order valence-electron chi connectivity index (χ3n) is 1.27. The zero-order valence-electron chi connectivity index (χ0n) is 6.60. The van der Waals surface area contributed by atoms with Crippen LogP contribution in [0.4, 0.5) is 18.9 Å². The molecule has 14 heavy (non-hydrogen) atoms. The Hall–Kier alpha value is -1.22. The summed E-state index contributed by atoms with van der Waals surface area (Å²) in [4.78, 5) is 3.07. The van der Waals surface area contributed by atoms with Crippen molar-refractivity contribution in [3.05, 3.63) is 34.1 Å². The SMILES string of the molecule is [C-]#[N+]c1ccc(OC(F)(F)F)cc1Br. The Morgan fingerprint density at radius 3 is 2.43 bits per heavy atom. The maximum absolute atomic E-state index is 11.8. The van der Waals surface area contributed by atoms with Crippen LogP contribution in [0.25, 0.3) is 4.85 Å². The molecule has 0 N–H and O–H groups in total. The molecule has 0 heterocycles. The molecular weight excluding hydrogens is 263 g/mol. The summed E-state index contributed by atoms with van der Waals surface area (Å²) in [5.41, 5.74) is 0.236. The van der Waals surface area contributed by atoms with Crippen molar-refractivity contribution in [2.75, 3.05) is 0 Å². The monoisotopic (exact) mass is 265 g/mol. The second-order valence-corrected chi connectivity index (χ2v) is 3.13. The van der Waals surface area contributed by atoms with Crippen LogP contribution in [0.5, 0.6) is 5.75 Å². The van der Waals surface area contributed by atoms with Crippen molar-refractivity contribution in [2.24, 2.45) is 0 Å². The highest BCUT2D eigenvalue weighted by atomic mass is 79.9. The van der Waals surface area contributed by atoms with E-state index in [2.05, 4.69) is 25.5 Å². The van der Waals surface area contributed by atoms with E-state index in [1.54, 1.807) is 0 Å². The van der Waals surface area contributed by atoms with Gasteiger partial charge < -0.3 is 4.74 Å². The fourth-order valence-corrected chi connectivity index (χ4v) is 1.22. The van der Waals surface area contributed by atoms with Gasteiger partial charge in [0.15, 0.2) is 0 Å². The predicted octanol–water partition coefficient (Wildman–Crippen LogP) is 3.90. The van der Waals surface area contributed by atoms with Crippen molar-refractivity contribution >= 4 is 21.6 Å². The molecule has 0 fully saturated rings. The molecule has 0 saturated heterocycles. The van der Waals surface area contributed by atoms with Gasteiger partial charge in [0, 0.05) is 4.47 Å². The van der Waals surface area contributed by atoms with Gasteiger partial charge in [0.2, 0.25) is 5.69 Å². The fourth-order valence-electron chi connectivity index (χ4n) is 0.775. The number of nitrogens with zero attached hydrogens (tertiary/aromatic N) is 1. The number of hydrogen-bond donors (Lipinski definition) is 0. The summed E-state index contributed by atoms with van der Waals surface area (Å²) in [6.45, 7) is 6.67. The van der Waals surface area contributed by atoms with Gasteiger partial charge in [-0.3, -0.25) is 0 Å². The van der Waals surface area contributed by atoms with Crippen molar-refractivity contribution in [3.8, 4) is 5.75 Å². The Morgan fingerprint density at radius 2 is 2.00 bits per heavy atom. The number of alkyl halides is 3. The van der Waals surface area contributed by atoms with Crippen LogP contribution in [0.1, 0.15) is 0 Å². The lowest BCUT2D eigenvalue weighted by atomic mass is 10.3. The van der Waals surface area contributed by atoms with Gasteiger partial charge in [0.1, 0.15) is 5.75 Å². The predicted molar refractivity (Wildman–Crippen MR) is 47.1 cm³/mol. The van der Waals surface area contributed by atoms with Gasteiger partial charge in [0.05, 0.1) is 6.57 Å². The first-order valence-electron chi connectivity index (χ1n) is 3.35. The molecule has 0 saturated carbocycles. The van der Waals surface area contributed by atoms with E-state index in [0.29, 0.717) is 0 Å². The number of rotatable bonds is 1. The maximum atomic E-state index is 11.8. The molecule has 0 unspecified atom stereocenters. The second kappa shape index (κ2) is 3.88. The van der Waals surface area contributed by atoms with Crippen LogP contribution in [-0.2, 0) is 0 Å². The first kappa shape index (κ1) is 10.9. The van der Waals surface area contributed by atoms with Crippen LogP contribution in [0.2, 0.25) is 0 Å². The van der Waals surface area contributed by atoms with Gasteiger partial charge in [-0.25, -0.2) is 4.85 Å². The lowest BCUT2D eigenvalue weighted by molar-refractivity contribution is -0.274. The number of ether oxygens (including phenoxy) is 1. The summed E-state index contributed by atoms with van der Waals surface area (Å²) in [6.07, 6.45) is -4.71. The topological polar surface area (TPSA) is 13.6 Å². The smallest absolute Gasteiger partial charge is 0.406 e. The standard InChI is InChI=1S/C8H3BrF3NO/c1-13-7-3-2-5(4-6(7)9)14-8(10,11)12/h2-4H. The third kappa shape index (κ3) is 2.92. The van der Waals surface area contributed by atoms with Gasteiger partial charge in [-0.1, -0.05) is 22.0 Å². The number of benzene rings is 1. The summed E-state index contributed by atoms with van der Waals surface area (Å²) < 4.78 is 39.2. The summed E-state index contributed by atoms with van der Waals surface area (Å²) in [6, 6.07) is 3.44.